The number of aldehydes is 1. The third-order valence-corrected chi connectivity index (χ3v) is 3.14. The monoisotopic (exact) mass is 291 g/mol. The van der Waals surface area contributed by atoms with E-state index in [1.165, 1.54) is 6.33 Å². The summed E-state index contributed by atoms with van der Waals surface area (Å²) in [5, 5.41) is 12.6. The molecule has 5 nitrogen and oxygen atoms in total. The van der Waals surface area contributed by atoms with E-state index in [1.54, 1.807) is 0 Å². The van der Waals surface area contributed by atoms with Crippen molar-refractivity contribution in [3.8, 4) is 0 Å². The van der Waals surface area contributed by atoms with Crippen LogP contribution in [0, 0.1) is 0 Å². The second kappa shape index (κ2) is 6.98. The quantitative estimate of drug-likeness (QED) is 0.628. The molecule has 0 aliphatic rings. The molecule has 1 atom stereocenters. The van der Waals surface area contributed by atoms with Crippen LogP contribution in [-0.4, -0.2) is 34.0 Å². The number of nitrogens with one attached hydrogen (secondary N) is 1. The molecule has 1 aromatic carbocycles. The van der Waals surface area contributed by atoms with Crippen LogP contribution in [0.2, 0.25) is 5.15 Å². The van der Waals surface area contributed by atoms with E-state index in [9.17, 15) is 9.90 Å². The lowest BCUT2D eigenvalue weighted by Crippen LogP contribution is -2.27. The summed E-state index contributed by atoms with van der Waals surface area (Å²) in [7, 11) is 0. The maximum atomic E-state index is 11.0. The number of halogens is 1. The van der Waals surface area contributed by atoms with Gasteiger partial charge in [0.05, 0.1) is 18.2 Å². The van der Waals surface area contributed by atoms with E-state index in [0.717, 1.165) is 5.56 Å². The average Bonchev–Trinajstić information content (AvgIpc) is 2.48. The molecule has 2 rings (SSSR count). The third kappa shape index (κ3) is 3.53. The van der Waals surface area contributed by atoms with E-state index in [-0.39, 0.29) is 23.4 Å². The Balaban J connectivity index is 2.14. The summed E-state index contributed by atoms with van der Waals surface area (Å²) in [5.74, 6) is 0.329. The van der Waals surface area contributed by atoms with Crippen molar-refractivity contribution in [1.82, 2.24) is 9.97 Å². The van der Waals surface area contributed by atoms with Gasteiger partial charge in [0.2, 0.25) is 0 Å². The van der Waals surface area contributed by atoms with Gasteiger partial charge in [-0.15, -0.1) is 0 Å². The number of carbonyl (C=O) groups is 1. The first-order valence-electron chi connectivity index (χ1n) is 6.11. The highest BCUT2D eigenvalue weighted by molar-refractivity contribution is 6.32. The van der Waals surface area contributed by atoms with E-state index in [0.29, 0.717) is 18.5 Å². The highest BCUT2D eigenvalue weighted by atomic mass is 35.5. The fourth-order valence-corrected chi connectivity index (χ4v) is 2.02. The lowest BCUT2D eigenvalue weighted by atomic mass is 10.1. The Morgan fingerprint density at radius 2 is 2.05 bits per heavy atom. The van der Waals surface area contributed by atoms with Crippen molar-refractivity contribution < 1.29 is 9.90 Å². The van der Waals surface area contributed by atoms with Crippen LogP contribution in [0.1, 0.15) is 15.9 Å². The van der Waals surface area contributed by atoms with Crippen molar-refractivity contribution in [1.29, 1.82) is 0 Å². The van der Waals surface area contributed by atoms with E-state index in [1.807, 2.05) is 30.3 Å². The number of benzene rings is 1. The first-order valence-corrected chi connectivity index (χ1v) is 6.49. The Bertz CT molecular complexity index is 578. The number of anilines is 1. The van der Waals surface area contributed by atoms with Gasteiger partial charge in [0, 0.05) is 0 Å². The molecule has 0 aliphatic heterocycles. The van der Waals surface area contributed by atoms with Crippen LogP contribution in [0.3, 0.4) is 0 Å². The van der Waals surface area contributed by atoms with Crippen LogP contribution in [0.4, 0.5) is 5.82 Å². The molecule has 0 radical (unpaired) electrons. The van der Waals surface area contributed by atoms with Crippen molar-refractivity contribution in [3.63, 3.8) is 0 Å². The SMILES string of the molecule is O=Cc1c(Cl)ncnc1NC(CO)Cc1ccccc1. The molecule has 1 heterocycles. The van der Waals surface area contributed by atoms with Crippen LogP contribution in [0.15, 0.2) is 36.7 Å². The van der Waals surface area contributed by atoms with E-state index < -0.39 is 0 Å². The van der Waals surface area contributed by atoms with Gasteiger partial charge in [0.25, 0.3) is 0 Å². The Morgan fingerprint density at radius 1 is 1.30 bits per heavy atom. The van der Waals surface area contributed by atoms with Gasteiger partial charge in [0.15, 0.2) is 6.29 Å². The smallest absolute Gasteiger partial charge is 0.156 e. The molecule has 2 N–H and O–H groups in total. The molecule has 1 unspecified atom stereocenters. The molecule has 0 aliphatic carbocycles. The van der Waals surface area contributed by atoms with Crippen molar-refractivity contribution in [2.75, 3.05) is 11.9 Å². The van der Waals surface area contributed by atoms with Gasteiger partial charge >= 0.3 is 0 Å². The zero-order valence-corrected chi connectivity index (χ0v) is 11.4. The summed E-state index contributed by atoms with van der Waals surface area (Å²) >= 11 is 5.83. The molecule has 1 aromatic heterocycles. The molecular formula is C14H14ClN3O2. The van der Waals surface area contributed by atoms with Gasteiger partial charge in [-0.1, -0.05) is 41.9 Å². The van der Waals surface area contributed by atoms with Gasteiger partial charge in [-0.2, -0.15) is 0 Å². The minimum atomic E-state index is -0.262. The molecule has 0 saturated heterocycles. The van der Waals surface area contributed by atoms with Gasteiger partial charge < -0.3 is 10.4 Å². The largest absolute Gasteiger partial charge is 0.394 e. The fraction of sp³-hybridized carbons (Fsp3) is 0.214. The summed E-state index contributed by atoms with van der Waals surface area (Å²) < 4.78 is 0. The van der Waals surface area contributed by atoms with Crippen molar-refractivity contribution in [3.05, 3.63) is 52.9 Å². The van der Waals surface area contributed by atoms with E-state index >= 15 is 0 Å². The summed E-state index contributed by atoms with van der Waals surface area (Å²) in [4.78, 5) is 18.7. The average molecular weight is 292 g/mol. The summed E-state index contributed by atoms with van der Waals surface area (Å²) in [6.07, 6.45) is 2.48. The third-order valence-electron chi connectivity index (χ3n) is 2.84. The molecule has 2 aromatic rings. The topological polar surface area (TPSA) is 75.1 Å². The minimum Gasteiger partial charge on any atom is -0.394 e. The molecule has 0 spiro atoms. The molecule has 0 saturated carbocycles. The molecule has 0 bridgehead atoms. The Morgan fingerprint density at radius 3 is 2.70 bits per heavy atom. The number of rotatable bonds is 6. The summed E-state index contributed by atoms with van der Waals surface area (Å²) in [6.45, 7) is -0.0885. The number of carbonyl (C=O) groups excluding carboxylic acids is 1. The number of hydrogen-bond acceptors (Lipinski definition) is 5. The first kappa shape index (κ1) is 14.4. The van der Waals surface area contributed by atoms with Gasteiger partial charge in [-0.05, 0) is 12.0 Å². The fourth-order valence-electron chi connectivity index (χ4n) is 1.85. The second-order valence-electron chi connectivity index (χ2n) is 4.26. The number of aliphatic hydroxyl groups excluding tert-OH is 1. The predicted molar refractivity (Wildman–Crippen MR) is 77.1 cm³/mol. The molecule has 6 heteroatoms. The number of nitrogens with zero attached hydrogens (tertiary/aromatic N) is 2. The second-order valence-corrected chi connectivity index (χ2v) is 4.62. The standard InChI is InChI=1S/C14H14ClN3O2/c15-13-12(8-20)14(17-9-16-13)18-11(7-19)6-10-4-2-1-3-5-10/h1-5,8-9,11,19H,6-7H2,(H,16,17,18). The molecule has 0 amide bonds. The van der Waals surface area contributed by atoms with Crippen LogP contribution in [0.5, 0.6) is 0 Å². The Kier molecular flexibility index (Phi) is 5.03. The van der Waals surface area contributed by atoms with Crippen LogP contribution in [0.25, 0.3) is 0 Å². The van der Waals surface area contributed by atoms with E-state index in [4.69, 9.17) is 11.6 Å². The number of aromatic nitrogens is 2. The van der Waals surface area contributed by atoms with Crippen molar-refractivity contribution in [2.24, 2.45) is 0 Å². The Hall–Kier alpha value is -1.98. The van der Waals surface area contributed by atoms with Crippen LogP contribution < -0.4 is 5.32 Å². The lowest BCUT2D eigenvalue weighted by Gasteiger charge is -2.18. The maximum Gasteiger partial charge on any atom is 0.156 e. The maximum absolute atomic E-state index is 11.0. The lowest BCUT2D eigenvalue weighted by molar-refractivity contribution is 0.112. The normalized spacial score (nSPS) is 11.9. The first-order chi connectivity index (χ1) is 9.74. The van der Waals surface area contributed by atoms with Crippen molar-refractivity contribution in [2.45, 2.75) is 12.5 Å². The molecule has 104 valence electrons. The van der Waals surface area contributed by atoms with Crippen molar-refractivity contribution >= 4 is 23.7 Å². The molecule has 20 heavy (non-hydrogen) atoms. The highest BCUT2D eigenvalue weighted by Gasteiger charge is 2.14. The number of hydrogen-bond donors (Lipinski definition) is 2. The molecular weight excluding hydrogens is 278 g/mol. The highest BCUT2D eigenvalue weighted by Crippen LogP contribution is 2.18. The van der Waals surface area contributed by atoms with Crippen LogP contribution in [-0.2, 0) is 6.42 Å². The van der Waals surface area contributed by atoms with Gasteiger partial charge in [-0.3, -0.25) is 4.79 Å². The zero-order valence-electron chi connectivity index (χ0n) is 10.7. The van der Waals surface area contributed by atoms with Gasteiger partial charge in [0.1, 0.15) is 17.3 Å². The minimum absolute atomic E-state index is 0.0885. The summed E-state index contributed by atoms with van der Waals surface area (Å²) in [5.41, 5.74) is 1.27. The van der Waals surface area contributed by atoms with Gasteiger partial charge in [-0.25, -0.2) is 9.97 Å². The number of aliphatic hydroxyl groups is 1. The zero-order chi connectivity index (χ0) is 14.4. The van der Waals surface area contributed by atoms with Crippen LogP contribution >= 0.6 is 11.6 Å². The Labute approximate surface area is 121 Å². The summed E-state index contributed by atoms with van der Waals surface area (Å²) in [6, 6.07) is 9.47. The van der Waals surface area contributed by atoms with E-state index in [2.05, 4.69) is 15.3 Å². The predicted octanol–water partition coefficient (Wildman–Crippen LogP) is 1.96. The molecule has 0 fully saturated rings.